The number of aliphatic hydroxyl groups excluding tert-OH is 1. The van der Waals surface area contributed by atoms with Crippen LogP contribution < -0.4 is 5.73 Å². The zero-order valence-electron chi connectivity index (χ0n) is 7.16. The van der Waals surface area contributed by atoms with E-state index in [1.807, 2.05) is 6.92 Å². The third-order valence-electron chi connectivity index (χ3n) is 1.74. The second-order valence-corrected chi connectivity index (χ2v) is 2.77. The summed E-state index contributed by atoms with van der Waals surface area (Å²) in [5.74, 6) is 1.57. The second-order valence-electron chi connectivity index (χ2n) is 2.77. The van der Waals surface area contributed by atoms with Crippen molar-refractivity contribution >= 4 is 0 Å². The number of aromatic nitrogens is 1. The molecule has 0 aliphatic heterocycles. The van der Waals surface area contributed by atoms with Gasteiger partial charge in [0.2, 0.25) is 0 Å². The highest BCUT2D eigenvalue weighted by atomic mass is 16.4. The normalized spacial score (nSPS) is 13.2. The molecule has 68 valence electrons. The Bertz CT molecular complexity index is 235. The molecule has 0 fully saturated rings. The minimum absolute atomic E-state index is 0.0664. The predicted octanol–water partition coefficient (Wildman–Crippen LogP) is 0.272. The molecule has 1 aromatic heterocycles. The van der Waals surface area contributed by atoms with Crippen molar-refractivity contribution in [2.45, 2.75) is 19.3 Å². The Morgan fingerprint density at radius 1 is 1.75 bits per heavy atom. The largest absolute Gasteiger partial charge is 0.445 e. The van der Waals surface area contributed by atoms with Crippen molar-refractivity contribution in [3.63, 3.8) is 0 Å². The first-order valence-corrected chi connectivity index (χ1v) is 4.03. The Labute approximate surface area is 71.4 Å². The fraction of sp³-hybridized carbons (Fsp3) is 0.625. The summed E-state index contributed by atoms with van der Waals surface area (Å²) < 4.78 is 5.33. The highest BCUT2D eigenvalue weighted by Crippen LogP contribution is 2.14. The molecule has 0 spiro atoms. The Morgan fingerprint density at radius 2 is 2.50 bits per heavy atom. The summed E-state index contributed by atoms with van der Waals surface area (Å²) in [5.41, 5.74) is 5.45. The summed E-state index contributed by atoms with van der Waals surface area (Å²) in [6.45, 7) is 2.59. The van der Waals surface area contributed by atoms with Crippen molar-refractivity contribution in [3.05, 3.63) is 17.8 Å². The van der Waals surface area contributed by atoms with Crippen LogP contribution in [0, 0.1) is 0 Å². The summed E-state index contributed by atoms with van der Waals surface area (Å²) in [5, 5.41) is 8.60. The Kier molecular flexibility index (Phi) is 3.25. The maximum atomic E-state index is 8.60. The smallest absolute Gasteiger partial charge is 0.196 e. The van der Waals surface area contributed by atoms with Gasteiger partial charge in [0.15, 0.2) is 5.89 Å². The molecule has 1 aromatic rings. The van der Waals surface area contributed by atoms with Crippen molar-refractivity contribution in [1.82, 2.24) is 4.98 Å². The lowest BCUT2D eigenvalue weighted by atomic mass is 10.1. The molecule has 1 heterocycles. The first kappa shape index (κ1) is 9.22. The van der Waals surface area contributed by atoms with Gasteiger partial charge < -0.3 is 15.3 Å². The number of nitrogens with two attached hydrogens (primary N) is 1. The third-order valence-corrected chi connectivity index (χ3v) is 1.74. The highest BCUT2D eigenvalue weighted by molar-refractivity contribution is 5.00. The summed E-state index contributed by atoms with van der Waals surface area (Å²) in [6, 6.07) is 0. The standard InChI is InChI=1S/C8H14N2O2/c1-6(4-9)7-5-10-8(12-7)2-3-11/h5-6,11H,2-4,9H2,1H3. The lowest BCUT2D eigenvalue weighted by Gasteiger charge is -2.01. The monoisotopic (exact) mass is 170 g/mol. The van der Waals surface area contributed by atoms with Gasteiger partial charge in [-0.15, -0.1) is 0 Å². The van der Waals surface area contributed by atoms with Gasteiger partial charge in [-0.25, -0.2) is 4.98 Å². The van der Waals surface area contributed by atoms with Gasteiger partial charge in [-0.05, 0) is 0 Å². The van der Waals surface area contributed by atoms with Gasteiger partial charge in [0.25, 0.3) is 0 Å². The fourth-order valence-electron chi connectivity index (χ4n) is 0.880. The third kappa shape index (κ3) is 2.06. The van der Waals surface area contributed by atoms with Crippen LogP contribution in [0.1, 0.15) is 24.5 Å². The molecular formula is C8H14N2O2. The Balaban J connectivity index is 2.63. The first-order valence-electron chi connectivity index (χ1n) is 4.03. The molecule has 0 bridgehead atoms. The zero-order chi connectivity index (χ0) is 8.97. The lowest BCUT2D eigenvalue weighted by molar-refractivity contribution is 0.282. The molecule has 1 unspecified atom stereocenters. The molecule has 0 amide bonds. The van der Waals surface area contributed by atoms with Gasteiger partial charge in [-0.1, -0.05) is 6.92 Å². The van der Waals surface area contributed by atoms with E-state index in [0.717, 1.165) is 5.76 Å². The average Bonchev–Trinajstić information content (AvgIpc) is 2.52. The second kappa shape index (κ2) is 4.23. The maximum Gasteiger partial charge on any atom is 0.196 e. The quantitative estimate of drug-likeness (QED) is 0.680. The maximum absolute atomic E-state index is 8.60. The van der Waals surface area contributed by atoms with Crippen molar-refractivity contribution in [3.8, 4) is 0 Å². The van der Waals surface area contributed by atoms with Crippen molar-refractivity contribution in [1.29, 1.82) is 0 Å². The van der Waals surface area contributed by atoms with Gasteiger partial charge in [-0.3, -0.25) is 0 Å². The van der Waals surface area contributed by atoms with E-state index in [9.17, 15) is 0 Å². The minimum atomic E-state index is 0.0664. The van der Waals surface area contributed by atoms with E-state index >= 15 is 0 Å². The predicted molar refractivity (Wildman–Crippen MR) is 44.8 cm³/mol. The van der Waals surface area contributed by atoms with Crippen LogP contribution in [0.3, 0.4) is 0 Å². The summed E-state index contributed by atoms with van der Waals surface area (Å²) in [6.07, 6.45) is 2.14. The SMILES string of the molecule is CC(CN)c1cnc(CCO)o1. The zero-order valence-corrected chi connectivity index (χ0v) is 7.16. The van der Waals surface area contributed by atoms with E-state index in [0.29, 0.717) is 18.9 Å². The van der Waals surface area contributed by atoms with Gasteiger partial charge in [0.1, 0.15) is 5.76 Å². The molecule has 0 aliphatic carbocycles. The van der Waals surface area contributed by atoms with Crippen LogP contribution in [0.25, 0.3) is 0 Å². The van der Waals surface area contributed by atoms with Crippen molar-refractivity contribution in [2.75, 3.05) is 13.2 Å². The van der Waals surface area contributed by atoms with Gasteiger partial charge in [0.05, 0.1) is 12.8 Å². The topological polar surface area (TPSA) is 72.3 Å². The van der Waals surface area contributed by atoms with Gasteiger partial charge in [0, 0.05) is 18.9 Å². The molecule has 0 saturated heterocycles. The lowest BCUT2D eigenvalue weighted by Crippen LogP contribution is -2.07. The number of hydrogen-bond acceptors (Lipinski definition) is 4. The Hall–Kier alpha value is -0.870. The molecule has 0 aliphatic rings. The van der Waals surface area contributed by atoms with E-state index in [-0.39, 0.29) is 12.5 Å². The molecule has 0 radical (unpaired) electrons. The number of rotatable bonds is 4. The molecule has 3 N–H and O–H groups in total. The van der Waals surface area contributed by atoms with Crippen LogP contribution in [0.4, 0.5) is 0 Å². The van der Waals surface area contributed by atoms with E-state index in [2.05, 4.69) is 4.98 Å². The highest BCUT2D eigenvalue weighted by Gasteiger charge is 2.09. The summed E-state index contributed by atoms with van der Waals surface area (Å²) in [7, 11) is 0. The van der Waals surface area contributed by atoms with Gasteiger partial charge in [-0.2, -0.15) is 0 Å². The molecule has 1 rings (SSSR count). The Morgan fingerprint density at radius 3 is 3.08 bits per heavy atom. The molecule has 0 saturated carbocycles. The molecule has 4 nitrogen and oxygen atoms in total. The van der Waals surface area contributed by atoms with Crippen LogP contribution in [0.2, 0.25) is 0 Å². The first-order chi connectivity index (χ1) is 5.77. The van der Waals surface area contributed by atoms with E-state index in [1.165, 1.54) is 0 Å². The molecule has 12 heavy (non-hydrogen) atoms. The summed E-state index contributed by atoms with van der Waals surface area (Å²) in [4.78, 5) is 3.99. The number of aliphatic hydroxyl groups is 1. The van der Waals surface area contributed by atoms with Crippen molar-refractivity contribution < 1.29 is 9.52 Å². The molecule has 4 heteroatoms. The number of nitrogens with zero attached hydrogens (tertiary/aromatic N) is 1. The van der Waals surface area contributed by atoms with Gasteiger partial charge >= 0.3 is 0 Å². The van der Waals surface area contributed by atoms with E-state index < -0.39 is 0 Å². The number of oxazole rings is 1. The van der Waals surface area contributed by atoms with Crippen LogP contribution in [-0.2, 0) is 6.42 Å². The molecule has 1 atom stereocenters. The van der Waals surface area contributed by atoms with Crippen LogP contribution >= 0.6 is 0 Å². The fourth-order valence-corrected chi connectivity index (χ4v) is 0.880. The minimum Gasteiger partial charge on any atom is -0.445 e. The van der Waals surface area contributed by atoms with E-state index in [4.69, 9.17) is 15.3 Å². The molecular weight excluding hydrogens is 156 g/mol. The van der Waals surface area contributed by atoms with E-state index in [1.54, 1.807) is 6.20 Å². The van der Waals surface area contributed by atoms with Crippen molar-refractivity contribution in [2.24, 2.45) is 5.73 Å². The average molecular weight is 170 g/mol. The van der Waals surface area contributed by atoms with Crippen LogP contribution in [0.5, 0.6) is 0 Å². The summed E-state index contributed by atoms with van der Waals surface area (Å²) >= 11 is 0. The van der Waals surface area contributed by atoms with Crippen LogP contribution in [0.15, 0.2) is 10.6 Å². The number of hydrogen-bond donors (Lipinski definition) is 2. The molecule has 0 aromatic carbocycles. The van der Waals surface area contributed by atoms with Crippen LogP contribution in [-0.4, -0.2) is 23.2 Å².